The molecule has 2 atom stereocenters. The van der Waals surface area contributed by atoms with Gasteiger partial charge in [-0.25, -0.2) is 9.38 Å². The van der Waals surface area contributed by atoms with Crippen LogP contribution in [0.5, 0.6) is 5.75 Å². The van der Waals surface area contributed by atoms with Crippen LogP contribution in [-0.4, -0.2) is 11.9 Å². The third kappa shape index (κ3) is 5.10. The van der Waals surface area contributed by atoms with E-state index in [1.807, 2.05) is 37.3 Å². The summed E-state index contributed by atoms with van der Waals surface area (Å²) in [6, 6.07) is 15.0. The van der Waals surface area contributed by atoms with Crippen LogP contribution in [0.3, 0.4) is 0 Å². The first-order chi connectivity index (χ1) is 11.5. The number of nitrogens with zero attached hydrogens (tertiary/aromatic N) is 1. The van der Waals surface area contributed by atoms with Crippen molar-refractivity contribution in [2.45, 2.75) is 38.1 Å². The number of hydrogen-bond acceptors (Lipinski definition) is 4. The highest BCUT2D eigenvalue weighted by Gasteiger charge is 2.28. The van der Waals surface area contributed by atoms with Gasteiger partial charge in [0.2, 0.25) is 0 Å². The van der Waals surface area contributed by atoms with Crippen LogP contribution < -0.4 is 16.2 Å². The smallest absolute Gasteiger partial charge is 0.184 e. The van der Waals surface area contributed by atoms with E-state index in [-0.39, 0.29) is 37.3 Å². The number of halogens is 3. The Hall–Kier alpha value is -1.82. The van der Waals surface area contributed by atoms with Gasteiger partial charge in [0.05, 0.1) is 0 Å². The van der Waals surface area contributed by atoms with E-state index in [4.69, 9.17) is 16.2 Å². The Kier molecular flexibility index (Phi) is 7.87. The van der Waals surface area contributed by atoms with Gasteiger partial charge < -0.3 is 10.5 Å². The lowest BCUT2D eigenvalue weighted by Crippen LogP contribution is -2.34. The van der Waals surface area contributed by atoms with Gasteiger partial charge in [0.25, 0.3) is 0 Å². The Morgan fingerprint density at radius 3 is 2.54 bits per heavy atom. The maximum atomic E-state index is 14.9. The summed E-state index contributed by atoms with van der Waals surface area (Å²) in [5.41, 5.74) is 13.8. The van der Waals surface area contributed by atoms with Gasteiger partial charge in [-0.3, -0.25) is 5.73 Å². The minimum absolute atomic E-state index is 0. The summed E-state index contributed by atoms with van der Waals surface area (Å²) in [7, 11) is 0. The molecule has 7 heteroatoms. The zero-order valence-corrected chi connectivity index (χ0v) is 16.2. The number of rotatable bonds is 5. The molecule has 2 aromatic rings. The molecule has 1 heterocycles. The lowest BCUT2D eigenvalue weighted by atomic mass is 9.96. The minimum Gasteiger partial charge on any atom is -0.481 e. The van der Waals surface area contributed by atoms with Crippen LogP contribution in [0.15, 0.2) is 53.5 Å². The summed E-state index contributed by atoms with van der Waals surface area (Å²) in [5, 5.41) is 0. The number of aryl methyl sites for hydroxylation is 1. The van der Waals surface area contributed by atoms with Crippen molar-refractivity contribution in [3.63, 3.8) is 0 Å². The standard InChI is InChI=1S/C19H22FN3O.2ClH/c1-13-18(21)23-16-12-15(9-10-17(16)24-13)19(20,22)11-5-8-14-6-3-2-4-7-14;;/h2-4,6-7,9-10,12-13H,5,8,11,22H2,1H3,(H2,21,23);2*1H/t13-,19?;;/m1../s1. The molecule has 4 nitrogen and oxygen atoms in total. The van der Waals surface area contributed by atoms with E-state index >= 15 is 0 Å². The van der Waals surface area contributed by atoms with Gasteiger partial charge in [0.15, 0.2) is 11.9 Å². The predicted octanol–water partition coefficient (Wildman–Crippen LogP) is 4.40. The molecule has 142 valence electrons. The van der Waals surface area contributed by atoms with Crippen LogP contribution in [0.25, 0.3) is 0 Å². The van der Waals surface area contributed by atoms with Crippen molar-refractivity contribution >= 4 is 36.3 Å². The number of fused-ring (bicyclic) bond motifs is 1. The number of ether oxygens (including phenoxy) is 1. The number of hydrogen-bond donors (Lipinski definition) is 2. The van der Waals surface area contributed by atoms with Crippen molar-refractivity contribution in [2.24, 2.45) is 16.5 Å². The van der Waals surface area contributed by atoms with Crippen molar-refractivity contribution in [1.82, 2.24) is 0 Å². The molecule has 0 saturated carbocycles. The molecule has 0 bridgehead atoms. The quantitative estimate of drug-likeness (QED) is 0.731. The van der Waals surface area contributed by atoms with Gasteiger partial charge >= 0.3 is 0 Å². The predicted molar refractivity (Wildman–Crippen MR) is 109 cm³/mol. The van der Waals surface area contributed by atoms with E-state index in [9.17, 15) is 4.39 Å². The molecule has 0 saturated heterocycles. The third-order valence-corrected chi connectivity index (χ3v) is 4.26. The molecule has 2 aromatic carbocycles. The van der Waals surface area contributed by atoms with Crippen LogP contribution in [0.1, 0.15) is 30.9 Å². The molecule has 1 aliphatic rings. The topological polar surface area (TPSA) is 73.6 Å². The fourth-order valence-corrected chi connectivity index (χ4v) is 2.78. The van der Waals surface area contributed by atoms with Crippen molar-refractivity contribution in [3.05, 3.63) is 59.7 Å². The van der Waals surface area contributed by atoms with Gasteiger partial charge in [-0.15, -0.1) is 24.8 Å². The first-order valence-corrected chi connectivity index (χ1v) is 8.13. The molecular weight excluding hydrogens is 376 g/mol. The Bertz CT molecular complexity index is 754. The summed E-state index contributed by atoms with van der Waals surface area (Å²) in [6.45, 7) is 1.82. The summed E-state index contributed by atoms with van der Waals surface area (Å²) in [5.74, 6) is -0.928. The maximum absolute atomic E-state index is 14.9. The fourth-order valence-electron chi connectivity index (χ4n) is 2.78. The van der Waals surface area contributed by atoms with E-state index in [2.05, 4.69) is 4.99 Å². The van der Waals surface area contributed by atoms with Crippen LogP contribution in [0.2, 0.25) is 0 Å². The summed E-state index contributed by atoms with van der Waals surface area (Å²) in [6.07, 6.45) is 1.41. The molecule has 0 aromatic heterocycles. The van der Waals surface area contributed by atoms with Gasteiger partial charge in [-0.2, -0.15) is 0 Å². The summed E-state index contributed by atoms with van der Waals surface area (Å²) < 4.78 is 20.6. The van der Waals surface area contributed by atoms with Crippen molar-refractivity contribution in [3.8, 4) is 5.75 Å². The number of benzene rings is 2. The Morgan fingerprint density at radius 1 is 1.15 bits per heavy atom. The third-order valence-electron chi connectivity index (χ3n) is 4.26. The van der Waals surface area contributed by atoms with Crippen molar-refractivity contribution < 1.29 is 9.13 Å². The van der Waals surface area contributed by atoms with E-state index in [0.29, 0.717) is 29.3 Å². The van der Waals surface area contributed by atoms with Gasteiger partial charge in [0, 0.05) is 5.56 Å². The van der Waals surface area contributed by atoms with Crippen LogP contribution >= 0.6 is 24.8 Å². The first kappa shape index (κ1) is 22.2. The molecule has 3 rings (SSSR count). The Morgan fingerprint density at radius 2 is 1.85 bits per heavy atom. The average Bonchev–Trinajstić information content (AvgIpc) is 2.56. The zero-order valence-electron chi connectivity index (χ0n) is 14.5. The van der Waals surface area contributed by atoms with E-state index < -0.39 is 5.79 Å². The molecular formula is C19H24Cl2FN3O. The molecule has 4 N–H and O–H groups in total. The van der Waals surface area contributed by atoms with Crippen LogP contribution in [-0.2, 0) is 12.2 Å². The molecule has 0 amide bonds. The maximum Gasteiger partial charge on any atom is 0.184 e. The second-order valence-electron chi connectivity index (χ2n) is 6.18. The van der Waals surface area contributed by atoms with Crippen molar-refractivity contribution in [2.75, 3.05) is 0 Å². The zero-order chi connectivity index (χ0) is 17.2. The molecule has 0 aliphatic carbocycles. The van der Waals surface area contributed by atoms with E-state index in [1.54, 1.807) is 18.2 Å². The van der Waals surface area contributed by atoms with Gasteiger partial charge in [-0.1, -0.05) is 36.4 Å². The largest absolute Gasteiger partial charge is 0.481 e. The normalized spacial score (nSPS) is 17.5. The summed E-state index contributed by atoms with van der Waals surface area (Å²) >= 11 is 0. The molecule has 0 fully saturated rings. The highest BCUT2D eigenvalue weighted by Crippen LogP contribution is 2.37. The molecule has 0 radical (unpaired) electrons. The number of amidine groups is 1. The highest BCUT2D eigenvalue weighted by molar-refractivity contribution is 5.89. The molecule has 1 unspecified atom stereocenters. The summed E-state index contributed by atoms with van der Waals surface area (Å²) in [4.78, 5) is 4.28. The van der Waals surface area contributed by atoms with Crippen LogP contribution in [0, 0.1) is 0 Å². The van der Waals surface area contributed by atoms with Gasteiger partial charge in [0.1, 0.15) is 17.3 Å². The second-order valence-corrected chi connectivity index (χ2v) is 6.18. The Labute approximate surface area is 165 Å². The van der Waals surface area contributed by atoms with E-state index in [1.165, 1.54) is 5.56 Å². The molecule has 26 heavy (non-hydrogen) atoms. The number of nitrogens with two attached hydrogens (primary N) is 2. The highest BCUT2D eigenvalue weighted by atomic mass is 35.5. The first-order valence-electron chi connectivity index (χ1n) is 8.13. The van der Waals surface area contributed by atoms with E-state index in [0.717, 1.165) is 6.42 Å². The lowest BCUT2D eigenvalue weighted by molar-refractivity contribution is 0.156. The Balaban J connectivity index is 0.00000169. The number of alkyl halides is 1. The minimum atomic E-state index is -1.91. The SMILES string of the molecule is C[C@H]1Oc2ccc(C(N)(F)CCCc3ccccc3)cc2N=C1N.Cl.Cl. The molecule has 1 aliphatic heterocycles. The fraction of sp³-hybridized carbons (Fsp3) is 0.316. The van der Waals surface area contributed by atoms with Crippen molar-refractivity contribution in [1.29, 1.82) is 0 Å². The average molecular weight is 400 g/mol. The lowest BCUT2D eigenvalue weighted by Gasteiger charge is -2.25. The second kappa shape index (κ2) is 9.21. The van der Waals surface area contributed by atoms with Crippen LogP contribution in [0.4, 0.5) is 10.1 Å². The number of aliphatic imine (C=N–C) groups is 1. The molecule has 0 spiro atoms. The van der Waals surface area contributed by atoms with Gasteiger partial charge in [-0.05, 0) is 43.9 Å². The monoisotopic (exact) mass is 399 g/mol.